The summed E-state index contributed by atoms with van der Waals surface area (Å²) in [6, 6.07) is 0. The fourth-order valence-corrected chi connectivity index (χ4v) is 2.26. The summed E-state index contributed by atoms with van der Waals surface area (Å²) in [5.74, 6) is 3.06. The Morgan fingerprint density at radius 2 is 1.60 bits per heavy atom. The zero-order valence-corrected chi connectivity index (χ0v) is 7.56. The molecule has 60 valence electrons. The van der Waals surface area contributed by atoms with E-state index in [1.807, 2.05) is 0 Å². The van der Waals surface area contributed by atoms with Crippen LogP contribution in [0.5, 0.6) is 0 Å². The molecule has 0 aliphatic heterocycles. The van der Waals surface area contributed by atoms with Crippen molar-refractivity contribution in [3.63, 3.8) is 0 Å². The van der Waals surface area contributed by atoms with Crippen molar-refractivity contribution in [1.82, 2.24) is 0 Å². The average molecular weight is 140 g/mol. The van der Waals surface area contributed by atoms with E-state index in [0.29, 0.717) is 0 Å². The molecule has 0 bridgehead atoms. The number of hydrogen-bond donors (Lipinski definition) is 0. The number of hydrogen-bond acceptors (Lipinski definition) is 0. The molecule has 10 heavy (non-hydrogen) atoms. The van der Waals surface area contributed by atoms with Crippen LogP contribution in [0.3, 0.4) is 0 Å². The van der Waals surface area contributed by atoms with Crippen molar-refractivity contribution in [2.24, 2.45) is 17.8 Å². The van der Waals surface area contributed by atoms with E-state index >= 15 is 0 Å². The minimum atomic E-state index is 0.997. The Morgan fingerprint density at radius 3 is 2.00 bits per heavy atom. The summed E-state index contributed by atoms with van der Waals surface area (Å²) in [5, 5.41) is 0. The van der Waals surface area contributed by atoms with E-state index in [1.165, 1.54) is 25.7 Å². The molecule has 2 unspecified atom stereocenters. The van der Waals surface area contributed by atoms with Gasteiger partial charge < -0.3 is 0 Å². The van der Waals surface area contributed by atoms with Gasteiger partial charge in [0.15, 0.2) is 0 Å². The first kappa shape index (κ1) is 8.10. The zero-order valence-electron chi connectivity index (χ0n) is 7.56. The Morgan fingerprint density at radius 1 is 1.10 bits per heavy atom. The van der Waals surface area contributed by atoms with Gasteiger partial charge in [-0.15, -0.1) is 0 Å². The van der Waals surface area contributed by atoms with Crippen LogP contribution in [0.4, 0.5) is 0 Å². The Labute approximate surface area is 65.0 Å². The lowest BCUT2D eigenvalue weighted by Crippen LogP contribution is -1.95. The lowest BCUT2D eigenvalue weighted by atomic mass is 10.0. The van der Waals surface area contributed by atoms with Gasteiger partial charge in [-0.2, -0.15) is 0 Å². The van der Waals surface area contributed by atoms with Crippen LogP contribution in [0.2, 0.25) is 0 Å². The molecule has 0 nitrogen and oxygen atoms in total. The second-order valence-electron chi connectivity index (χ2n) is 4.08. The molecule has 1 aliphatic rings. The summed E-state index contributed by atoms with van der Waals surface area (Å²) in [6.45, 7) is 7.11. The van der Waals surface area contributed by atoms with Crippen LogP contribution >= 0.6 is 0 Å². The molecule has 1 fully saturated rings. The minimum absolute atomic E-state index is 0.997. The van der Waals surface area contributed by atoms with Crippen molar-refractivity contribution in [3.8, 4) is 0 Å². The minimum Gasteiger partial charge on any atom is -0.0654 e. The highest BCUT2D eigenvalue weighted by Crippen LogP contribution is 2.37. The maximum absolute atomic E-state index is 2.40. The maximum Gasteiger partial charge on any atom is -0.0409 e. The van der Waals surface area contributed by atoms with Crippen molar-refractivity contribution in [3.05, 3.63) is 0 Å². The van der Waals surface area contributed by atoms with Crippen LogP contribution in [0.15, 0.2) is 0 Å². The molecule has 3 atom stereocenters. The average Bonchev–Trinajstić information content (AvgIpc) is 2.14. The quantitative estimate of drug-likeness (QED) is 0.551. The van der Waals surface area contributed by atoms with Crippen LogP contribution in [0.25, 0.3) is 0 Å². The topological polar surface area (TPSA) is 0 Å². The molecule has 0 radical (unpaired) electrons. The van der Waals surface area contributed by atoms with E-state index < -0.39 is 0 Å². The standard InChI is InChI=1S/C10H20/c1-4-5-10-6-8(2)9(3)7-10/h8-10H,4-7H2,1-3H3/t8-,9?,10?/m0/s1. The van der Waals surface area contributed by atoms with Crippen LogP contribution in [0.1, 0.15) is 46.5 Å². The lowest BCUT2D eigenvalue weighted by molar-refractivity contribution is 0.457. The van der Waals surface area contributed by atoms with Crippen molar-refractivity contribution >= 4 is 0 Å². The molecule has 0 heteroatoms. The van der Waals surface area contributed by atoms with Gasteiger partial charge in [0, 0.05) is 0 Å². The van der Waals surface area contributed by atoms with Crippen LogP contribution in [0, 0.1) is 17.8 Å². The smallest absolute Gasteiger partial charge is 0.0409 e. The van der Waals surface area contributed by atoms with E-state index in [9.17, 15) is 0 Å². The molecule has 0 aromatic carbocycles. The van der Waals surface area contributed by atoms with E-state index in [1.54, 1.807) is 0 Å². The lowest BCUT2D eigenvalue weighted by Gasteiger charge is -2.05. The third-order valence-corrected chi connectivity index (χ3v) is 3.08. The van der Waals surface area contributed by atoms with Gasteiger partial charge in [0.25, 0.3) is 0 Å². The van der Waals surface area contributed by atoms with Gasteiger partial charge in [0.2, 0.25) is 0 Å². The molecule has 0 aromatic rings. The molecular formula is C10H20. The maximum atomic E-state index is 2.40. The monoisotopic (exact) mass is 140 g/mol. The predicted molar refractivity (Wildman–Crippen MR) is 46.0 cm³/mol. The SMILES string of the molecule is CCCC1CC(C)[C@@H](C)C1. The molecule has 0 amide bonds. The van der Waals surface area contributed by atoms with Gasteiger partial charge in [-0.25, -0.2) is 0 Å². The van der Waals surface area contributed by atoms with E-state index in [2.05, 4.69) is 20.8 Å². The van der Waals surface area contributed by atoms with E-state index in [-0.39, 0.29) is 0 Å². The molecule has 0 spiro atoms. The summed E-state index contributed by atoms with van der Waals surface area (Å²) in [6.07, 6.45) is 5.84. The highest BCUT2D eigenvalue weighted by Gasteiger charge is 2.26. The van der Waals surface area contributed by atoms with Crippen molar-refractivity contribution in [2.75, 3.05) is 0 Å². The van der Waals surface area contributed by atoms with Crippen LogP contribution in [-0.2, 0) is 0 Å². The van der Waals surface area contributed by atoms with Crippen molar-refractivity contribution < 1.29 is 0 Å². The Balaban J connectivity index is 2.27. The summed E-state index contributed by atoms with van der Waals surface area (Å²) in [7, 11) is 0. The summed E-state index contributed by atoms with van der Waals surface area (Å²) in [4.78, 5) is 0. The van der Waals surface area contributed by atoms with E-state index in [0.717, 1.165) is 17.8 Å². The summed E-state index contributed by atoms with van der Waals surface area (Å²) in [5.41, 5.74) is 0. The highest BCUT2D eigenvalue weighted by atomic mass is 14.3. The van der Waals surface area contributed by atoms with Gasteiger partial charge in [-0.1, -0.05) is 33.6 Å². The zero-order chi connectivity index (χ0) is 7.56. The van der Waals surface area contributed by atoms with E-state index in [4.69, 9.17) is 0 Å². The molecule has 1 rings (SSSR count). The van der Waals surface area contributed by atoms with Crippen LogP contribution in [-0.4, -0.2) is 0 Å². The first-order valence-electron chi connectivity index (χ1n) is 4.74. The largest absolute Gasteiger partial charge is 0.0654 e. The molecule has 0 N–H and O–H groups in total. The first-order valence-corrected chi connectivity index (χ1v) is 4.74. The Bertz CT molecular complexity index is 86.2. The molecule has 0 heterocycles. The number of rotatable bonds is 2. The summed E-state index contributed by atoms with van der Waals surface area (Å²) < 4.78 is 0. The molecular weight excluding hydrogens is 120 g/mol. The van der Waals surface area contributed by atoms with Gasteiger partial charge in [0.05, 0.1) is 0 Å². The second-order valence-corrected chi connectivity index (χ2v) is 4.08. The fourth-order valence-electron chi connectivity index (χ4n) is 2.26. The van der Waals surface area contributed by atoms with Gasteiger partial charge in [-0.05, 0) is 30.6 Å². The van der Waals surface area contributed by atoms with Crippen molar-refractivity contribution in [2.45, 2.75) is 46.5 Å². The predicted octanol–water partition coefficient (Wildman–Crippen LogP) is 3.47. The van der Waals surface area contributed by atoms with Crippen molar-refractivity contribution in [1.29, 1.82) is 0 Å². The third kappa shape index (κ3) is 1.74. The van der Waals surface area contributed by atoms with Gasteiger partial charge in [-0.3, -0.25) is 0 Å². The first-order chi connectivity index (χ1) is 4.74. The second kappa shape index (κ2) is 3.41. The van der Waals surface area contributed by atoms with Gasteiger partial charge >= 0.3 is 0 Å². The van der Waals surface area contributed by atoms with Crippen LogP contribution < -0.4 is 0 Å². The summed E-state index contributed by atoms with van der Waals surface area (Å²) >= 11 is 0. The third-order valence-electron chi connectivity index (χ3n) is 3.08. The molecule has 0 aromatic heterocycles. The fraction of sp³-hybridized carbons (Fsp3) is 1.00. The normalized spacial score (nSPS) is 40.5. The Hall–Kier alpha value is 0. The highest BCUT2D eigenvalue weighted by molar-refractivity contribution is 4.77. The Kier molecular flexibility index (Phi) is 2.76. The van der Waals surface area contributed by atoms with Gasteiger partial charge in [0.1, 0.15) is 0 Å². The molecule has 0 saturated heterocycles. The molecule has 1 saturated carbocycles. The molecule has 1 aliphatic carbocycles.